The van der Waals surface area contributed by atoms with E-state index in [1.165, 1.54) is 0 Å². The number of amides is 1. The van der Waals surface area contributed by atoms with Crippen molar-refractivity contribution in [3.05, 3.63) is 41.0 Å². The summed E-state index contributed by atoms with van der Waals surface area (Å²) in [7, 11) is 0. The van der Waals surface area contributed by atoms with Crippen molar-refractivity contribution in [2.45, 2.75) is 46.2 Å². The highest BCUT2D eigenvalue weighted by atomic mass is 35.5. The van der Waals surface area contributed by atoms with Gasteiger partial charge in [0.05, 0.1) is 22.8 Å². The van der Waals surface area contributed by atoms with Crippen LogP contribution in [-0.4, -0.2) is 28.8 Å². The van der Waals surface area contributed by atoms with Gasteiger partial charge in [-0.3, -0.25) is 9.48 Å². The summed E-state index contributed by atoms with van der Waals surface area (Å²) in [6.45, 7) is 9.88. The number of nitrogens with one attached hydrogen (secondary N) is 2. The monoisotopic (exact) mass is 362 g/mol. The molecule has 6 heteroatoms. The topological polar surface area (TPSA) is 59.0 Å². The van der Waals surface area contributed by atoms with E-state index in [-0.39, 0.29) is 18.0 Å². The van der Waals surface area contributed by atoms with E-state index in [9.17, 15) is 4.79 Å². The highest BCUT2D eigenvalue weighted by Gasteiger charge is 2.20. The largest absolute Gasteiger partial charge is 0.355 e. The molecule has 0 radical (unpaired) electrons. The first-order valence-corrected chi connectivity index (χ1v) is 9.02. The van der Waals surface area contributed by atoms with Crippen LogP contribution >= 0.6 is 11.6 Å². The standard InChI is InChI=1S/C19H27ClN4O/c1-5-10-22-17(25)12-21-11-14-13-24(19(2,3)4)23-18(14)15-8-6-7-9-16(15)20/h6-9,13,21H,5,10-12H2,1-4H3,(H,22,25). The first-order chi connectivity index (χ1) is 11.8. The minimum Gasteiger partial charge on any atom is -0.355 e. The third-order valence-electron chi connectivity index (χ3n) is 3.78. The van der Waals surface area contributed by atoms with Crippen LogP contribution < -0.4 is 10.6 Å². The smallest absolute Gasteiger partial charge is 0.233 e. The van der Waals surface area contributed by atoms with E-state index in [1.807, 2.05) is 42.1 Å². The average molecular weight is 363 g/mol. The molecule has 25 heavy (non-hydrogen) atoms. The van der Waals surface area contributed by atoms with E-state index < -0.39 is 0 Å². The van der Waals surface area contributed by atoms with E-state index in [4.69, 9.17) is 16.7 Å². The third-order valence-corrected chi connectivity index (χ3v) is 4.11. The predicted octanol–water partition coefficient (Wildman–Crippen LogP) is 3.57. The zero-order valence-corrected chi connectivity index (χ0v) is 16.2. The SMILES string of the molecule is CCCNC(=O)CNCc1cn(C(C)(C)C)nc1-c1ccccc1Cl. The Kier molecular flexibility index (Phi) is 6.62. The Balaban J connectivity index is 2.20. The molecule has 2 N–H and O–H groups in total. The second-order valence-corrected chi connectivity index (χ2v) is 7.46. The van der Waals surface area contributed by atoms with Crippen LogP contribution in [0, 0.1) is 0 Å². The molecular weight excluding hydrogens is 336 g/mol. The van der Waals surface area contributed by atoms with Crippen molar-refractivity contribution in [2.24, 2.45) is 0 Å². The van der Waals surface area contributed by atoms with Gasteiger partial charge in [0.15, 0.2) is 0 Å². The lowest BCUT2D eigenvalue weighted by atomic mass is 10.1. The number of rotatable bonds is 7. The molecule has 2 aromatic rings. The highest BCUT2D eigenvalue weighted by molar-refractivity contribution is 6.33. The molecule has 0 saturated heterocycles. The molecule has 1 heterocycles. The number of nitrogens with zero attached hydrogens (tertiary/aromatic N) is 2. The van der Waals surface area contributed by atoms with Crippen molar-refractivity contribution in [1.82, 2.24) is 20.4 Å². The number of carbonyl (C=O) groups is 1. The Morgan fingerprint density at radius 3 is 2.64 bits per heavy atom. The lowest BCUT2D eigenvalue weighted by Crippen LogP contribution is -2.34. The van der Waals surface area contributed by atoms with Crippen LogP contribution in [0.25, 0.3) is 11.3 Å². The molecule has 0 unspecified atom stereocenters. The summed E-state index contributed by atoms with van der Waals surface area (Å²) in [6.07, 6.45) is 2.95. The van der Waals surface area contributed by atoms with Crippen molar-refractivity contribution in [1.29, 1.82) is 0 Å². The molecule has 136 valence electrons. The molecule has 0 bridgehead atoms. The first kappa shape index (κ1) is 19.5. The van der Waals surface area contributed by atoms with E-state index in [0.29, 0.717) is 18.1 Å². The highest BCUT2D eigenvalue weighted by Crippen LogP contribution is 2.30. The lowest BCUT2D eigenvalue weighted by molar-refractivity contribution is -0.120. The normalized spacial score (nSPS) is 11.6. The number of hydrogen-bond acceptors (Lipinski definition) is 3. The number of hydrogen-bond donors (Lipinski definition) is 2. The van der Waals surface area contributed by atoms with Gasteiger partial charge in [0.2, 0.25) is 5.91 Å². The van der Waals surface area contributed by atoms with Crippen LogP contribution in [0.5, 0.6) is 0 Å². The van der Waals surface area contributed by atoms with Crippen LogP contribution in [0.1, 0.15) is 39.7 Å². The molecule has 1 aromatic carbocycles. The minimum absolute atomic E-state index is 0.00403. The third kappa shape index (κ3) is 5.31. The van der Waals surface area contributed by atoms with Gasteiger partial charge < -0.3 is 10.6 Å². The zero-order valence-electron chi connectivity index (χ0n) is 15.4. The van der Waals surface area contributed by atoms with Gasteiger partial charge in [-0.15, -0.1) is 0 Å². The van der Waals surface area contributed by atoms with Gasteiger partial charge in [0, 0.05) is 30.4 Å². The molecule has 0 aliphatic carbocycles. The van der Waals surface area contributed by atoms with Crippen LogP contribution in [0.4, 0.5) is 0 Å². The van der Waals surface area contributed by atoms with E-state index in [2.05, 4.69) is 31.4 Å². The fraction of sp³-hybridized carbons (Fsp3) is 0.474. The molecule has 0 saturated carbocycles. The Hall–Kier alpha value is -1.85. The second-order valence-electron chi connectivity index (χ2n) is 7.05. The van der Waals surface area contributed by atoms with Crippen LogP contribution in [-0.2, 0) is 16.9 Å². The molecule has 0 atom stereocenters. The maximum Gasteiger partial charge on any atom is 0.233 e. The van der Waals surface area contributed by atoms with Gasteiger partial charge >= 0.3 is 0 Å². The Morgan fingerprint density at radius 1 is 1.28 bits per heavy atom. The predicted molar refractivity (Wildman–Crippen MR) is 103 cm³/mol. The van der Waals surface area contributed by atoms with Crippen molar-refractivity contribution in [3.63, 3.8) is 0 Å². The molecule has 0 fully saturated rings. The van der Waals surface area contributed by atoms with Crippen molar-refractivity contribution >= 4 is 17.5 Å². The van der Waals surface area contributed by atoms with Gasteiger partial charge in [0.25, 0.3) is 0 Å². The van der Waals surface area contributed by atoms with Gasteiger partial charge in [-0.1, -0.05) is 36.7 Å². The number of carbonyl (C=O) groups excluding carboxylic acids is 1. The summed E-state index contributed by atoms with van der Waals surface area (Å²) in [5.41, 5.74) is 2.64. The first-order valence-electron chi connectivity index (χ1n) is 8.64. The van der Waals surface area contributed by atoms with Crippen molar-refractivity contribution in [3.8, 4) is 11.3 Å². The molecule has 2 rings (SSSR count). The van der Waals surface area contributed by atoms with Crippen molar-refractivity contribution in [2.75, 3.05) is 13.1 Å². The molecule has 0 aliphatic heterocycles. The molecule has 0 spiro atoms. The summed E-state index contributed by atoms with van der Waals surface area (Å²) in [5, 5.41) is 11.5. The quantitative estimate of drug-likeness (QED) is 0.791. The fourth-order valence-electron chi connectivity index (χ4n) is 2.40. The van der Waals surface area contributed by atoms with Crippen molar-refractivity contribution < 1.29 is 4.79 Å². The number of benzene rings is 1. The summed E-state index contributed by atoms with van der Waals surface area (Å²) in [6, 6.07) is 7.69. The average Bonchev–Trinajstić information content (AvgIpc) is 2.97. The molecule has 0 aliphatic rings. The number of aromatic nitrogens is 2. The summed E-state index contributed by atoms with van der Waals surface area (Å²) >= 11 is 6.36. The zero-order chi connectivity index (χ0) is 18.4. The Bertz CT molecular complexity index is 718. The molecule has 1 aromatic heterocycles. The maximum absolute atomic E-state index is 11.8. The van der Waals surface area contributed by atoms with E-state index >= 15 is 0 Å². The fourth-order valence-corrected chi connectivity index (χ4v) is 2.63. The van der Waals surface area contributed by atoms with Crippen LogP contribution in [0.15, 0.2) is 30.5 Å². The van der Waals surface area contributed by atoms with Gasteiger partial charge in [-0.25, -0.2) is 0 Å². The summed E-state index contributed by atoms with van der Waals surface area (Å²) in [5.74, 6) is 0.00403. The lowest BCUT2D eigenvalue weighted by Gasteiger charge is -2.18. The minimum atomic E-state index is -0.132. The second kappa shape index (κ2) is 8.50. The molecule has 5 nitrogen and oxygen atoms in total. The van der Waals surface area contributed by atoms with Crippen LogP contribution in [0.2, 0.25) is 5.02 Å². The van der Waals surface area contributed by atoms with Gasteiger partial charge in [-0.05, 0) is 33.3 Å². The molecular formula is C19H27ClN4O. The summed E-state index contributed by atoms with van der Waals surface area (Å²) in [4.78, 5) is 11.8. The summed E-state index contributed by atoms with van der Waals surface area (Å²) < 4.78 is 1.94. The van der Waals surface area contributed by atoms with Gasteiger partial charge in [0.1, 0.15) is 0 Å². The van der Waals surface area contributed by atoms with E-state index in [0.717, 1.165) is 23.2 Å². The Morgan fingerprint density at radius 2 is 2.00 bits per heavy atom. The number of halogens is 1. The van der Waals surface area contributed by atoms with Crippen LogP contribution in [0.3, 0.4) is 0 Å². The maximum atomic E-state index is 11.8. The Labute approximate surface area is 154 Å². The molecule has 1 amide bonds. The van der Waals surface area contributed by atoms with Gasteiger partial charge in [-0.2, -0.15) is 5.10 Å². The van der Waals surface area contributed by atoms with E-state index in [1.54, 1.807) is 0 Å².